The van der Waals surface area contributed by atoms with Gasteiger partial charge in [0.25, 0.3) is 0 Å². The molecule has 0 saturated carbocycles. The third kappa shape index (κ3) is 5.15. The van der Waals surface area contributed by atoms with Crippen LogP contribution in [0, 0.1) is 11.8 Å². The molecule has 1 aliphatic heterocycles. The van der Waals surface area contributed by atoms with Gasteiger partial charge in [-0.2, -0.15) is 0 Å². The molecule has 0 aromatic carbocycles. The molecule has 0 aromatic rings. The van der Waals surface area contributed by atoms with Crippen molar-refractivity contribution in [2.75, 3.05) is 6.61 Å². The Bertz CT molecular complexity index is 550. The van der Waals surface area contributed by atoms with E-state index in [-0.39, 0.29) is 11.8 Å². The smallest absolute Gasteiger partial charge is 0.162 e. The van der Waals surface area contributed by atoms with Crippen LogP contribution >= 0.6 is 0 Å². The van der Waals surface area contributed by atoms with Gasteiger partial charge in [-0.05, 0) is 51.5 Å². The van der Waals surface area contributed by atoms with E-state index < -0.39 is 18.0 Å². The van der Waals surface area contributed by atoms with Crippen molar-refractivity contribution in [1.29, 1.82) is 0 Å². The van der Waals surface area contributed by atoms with E-state index in [1.165, 1.54) is 0 Å². The van der Waals surface area contributed by atoms with Crippen LogP contribution in [-0.2, 0) is 4.74 Å². The quantitative estimate of drug-likeness (QED) is 0.679. The highest BCUT2D eigenvalue weighted by atomic mass is 16.6. The zero-order valence-corrected chi connectivity index (χ0v) is 14.9. The van der Waals surface area contributed by atoms with Crippen LogP contribution in [0.25, 0.3) is 0 Å². The maximum Gasteiger partial charge on any atom is 0.162 e. The maximum absolute atomic E-state index is 10.3. The second-order valence-corrected chi connectivity index (χ2v) is 7.57. The molecule has 134 valence electrons. The van der Waals surface area contributed by atoms with E-state index in [9.17, 15) is 15.3 Å². The van der Waals surface area contributed by atoms with Gasteiger partial charge in [0.05, 0.1) is 18.3 Å². The van der Waals surface area contributed by atoms with Crippen molar-refractivity contribution in [3.05, 3.63) is 47.6 Å². The molecule has 0 aromatic heterocycles. The normalized spacial score (nSPS) is 36.7. The van der Waals surface area contributed by atoms with Gasteiger partial charge in [-0.15, -0.1) is 0 Å². The first-order chi connectivity index (χ1) is 11.2. The summed E-state index contributed by atoms with van der Waals surface area (Å²) in [6, 6.07) is 0. The van der Waals surface area contributed by atoms with Crippen molar-refractivity contribution in [3.8, 4) is 0 Å². The maximum atomic E-state index is 10.3. The molecule has 0 radical (unpaired) electrons. The number of aliphatic hydroxyl groups excluding tert-OH is 2. The van der Waals surface area contributed by atoms with Gasteiger partial charge in [0, 0.05) is 5.92 Å². The molecule has 1 saturated heterocycles. The Morgan fingerprint density at radius 2 is 2.04 bits per heavy atom. The first-order valence-electron chi connectivity index (χ1n) is 8.61. The first-order valence-corrected chi connectivity index (χ1v) is 8.61. The largest absolute Gasteiger partial charge is 0.389 e. The van der Waals surface area contributed by atoms with E-state index >= 15 is 0 Å². The van der Waals surface area contributed by atoms with Crippen LogP contribution < -0.4 is 0 Å². The highest BCUT2D eigenvalue weighted by Crippen LogP contribution is 2.40. The fourth-order valence-electron chi connectivity index (χ4n) is 3.51. The summed E-state index contributed by atoms with van der Waals surface area (Å²) in [4.78, 5) is 0. The summed E-state index contributed by atoms with van der Waals surface area (Å²) in [5.74, 6) is -0.0872. The van der Waals surface area contributed by atoms with Gasteiger partial charge in [0.2, 0.25) is 0 Å². The Labute approximate surface area is 144 Å². The fourth-order valence-corrected chi connectivity index (χ4v) is 3.51. The molecule has 4 unspecified atom stereocenters. The Morgan fingerprint density at radius 1 is 1.33 bits per heavy atom. The summed E-state index contributed by atoms with van der Waals surface area (Å²) in [7, 11) is 0. The van der Waals surface area contributed by atoms with Crippen molar-refractivity contribution in [2.45, 2.75) is 58.0 Å². The summed E-state index contributed by atoms with van der Waals surface area (Å²) < 4.78 is 5.54. The third-order valence-electron chi connectivity index (χ3n) is 4.72. The second-order valence-electron chi connectivity index (χ2n) is 7.57. The SMILES string of the molecule is C=C1CC(O)/C=C(\C)CCC2/C(=C\C=C\C(C)(C)O)COC(O)C12. The number of fused-ring (bicyclic) bond motifs is 1. The van der Waals surface area contributed by atoms with Crippen molar-refractivity contribution >= 4 is 0 Å². The molecule has 2 rings (SSSR count). The van der Waals surface area contributed by atoms with Gasteiger partial charge in [0.15, 0.2) is 6.29 Å². The summed E-state index contributed by atoms with van der Waals surface area (Å²) in [5, 5.41) is 30.3. The lowest BCUT2D eigenvalue weighted by molar-refractivity contribution is -0.149. The van der Waals surface area contributed by atoms with Crippen LogP contribution in [0.5, 0.6) is 0 Å². The number of rotatable bonds is 2. The predicted octanol–water partition coefficient (Wildman–Crippen LogP) is 2.87. The van der Waals surface area contributed by atoms with Crippen LogP contribution in [0.3, 0.4) is 0 Å². The predicted molar refractivity (Wildman–Crippen MR) is 95.2 cm³/mol. The zero-order valence-electron chi connectivity index (χ0n) is 14.9. The highest BCUT2D eigenvalue weighted by Gasteiger charge is 2.38. The van der Waals surface area contributed by atoms with Crippen LogP contribution in [0.1, 0.15) is 40.0 Å². The van der Waals surface area contributed by atoms with Gasteiger partial charge in [-0.25, -0.2) is 0 Å². The van der Waals surface area contributed by atoms with Gasteiger partial charge in [-0.1, -0.05) is 42.0 Å². The number of hydrogen-bond acceptors (Lipinski definition) is 4. The molecular formula is C20H30O4. The summed E-state index contributed by atoms with van der Waals surface area (Å²) in [6.45, 7) is 9.96. The number of aliphatic hydroxyl groups is 3. The van der Waals surface area contributed by atoms with E-state index in [4.69, 9.17) is 4.74 Å². The highest BCUT2D eigenvalue weighted by molar-refractivity contribution is 5.25. The van der Waals surface area contributed by atoms with E-state index in [1.54, 1.807) is 19.9 Å². The van der Waals surface area contributed by atoms with Gasteiger partial charge in [0.1, 0.15) is 0 Å². The molecule has 4 nitrogen and oxygen atoms in total. The van der Waals surface area contributed by atoms with Crippen LogP contribution in [-0.4, -0.2) is 39.9 Å². The average molecular weight is 334 g/mol. The summed E-state index contributed by atoms with van der Waals surface area (Å²) in [6.07, 6.45) is 8.17. The van der Waals surface area contributed by atoms with E-state index in [0.717, 1.165) is 29.6 Å². The van der Waals surface area contributed by atoms with Crippen molar-refractivity contribution in [1.82, 2.24) is 0 Å². The summed E-state index contributed by atoms with van der Waals surface area (Å²) in [5.41, 5.74) is 2.21. The lowest BCUT2D eigenvalue weighted by Gasteiger charge is -2.38. The Kier molecular flexibility index (Phi) is 6.21. The number of ether oxygens (including phenoxy) is 1. The number of allylic oxidation sites excluding steroid dienone is 3. The molecule has 2 aliphatic rings. The van der Waals surface area contributed by atoms with Gasteiger partial charge < -0.3 is 20.1 Å². The molecule has 1 fully saturated rings. The molecule has 0 bridgehead atoms. The second kappa shape index (κ2) is 7.79. The Balaban J connectivity index is 2.29. The van der Waals surface area contributed by atoms with E-state index in [2.05, 4.69) is 6.58 Å². The van der Waals surface area contributed by atoms with Crippen molar-refractivity contribution < 1.29 is 20.1 Å². The molecule has 24 heavy (non-hydrogen) atoms. The van der Waals surface area contributed by atoms with Crippen LogP contribution in [0.2, 0.25) is 0 Å². The van der Waals surface area contributed by atoms with Crippen molar-refractivity contribution in [2.24, 2.45) is 11.8 Å². The van der Waals surface area contributed by atoms with Gasteiger partial charge in [-0.3, -0.25) is 0 Å². The average Bonchev–Trinajstić information content (AvgIpc) is 2.49. The molecule has 4 heteroatoms. The minimum Gasteiger partial charge on any atom is -0.389 e. The fraction of sp³-hybridized carbons (Fsp3) is 0.600. The zero-order chi connectivity index (χ0) is 17.9. The topological polar surface area (TPSA) is 69.9 Å². The van der Waals surface area contributed by atoms with Crippen LogP contribution in [0.15, 0.2) is 47.6 Å². The van der Waals surface area contributed by atoms with Crippen LogP contribution in [0.4, 0.5) is 0 Å². The molecule has 4 atom stereocenters. The standard InChI is InChI=1S/C20H30O4/c1-13-7-8-17-15(6-5-9-20(3,4)23)12-24-19(22)18(17)14(2)11-16(21)10-13/h5-6,9-10,16-19,21-23H,2,7-8,11-12H2,1,3-4H3/b9-5+,13-10+,15-6-. The lowest BCUT2D eigenvalue weighted by atomic mass is 9.75. The minimum atomic E-state index is -0.886. The van der Waals surface area contributed by atoms with Gasteiger partial charge >= 0.3 is 0 Å². The lowest BCUT2D eigenvalue weighted by Crippen LogP contribution is -2.39. The summed E-state index contributed by atoms with van der Waals surface area (Å²) >= 11 is 0. The molecule has 0 spiro atoms. The molecule has 1 heterocycles. The first kappa shape index (κ1) is 19.1. The monoisotopic (exact) mass is 334 g/mol. The molecule has 3 N–H and O–H groups in total. The third-order valence-corrected chi connectivity index (χ3v) is 4.72. The van der Waals surface area contributed by atoms with E-state index in [1.807, 2.05) is 25.2 Å². The Hall–Kier alpha value is -1.20. The molecule has 1 aliphatic carbocycles. The Morgan fingerprint density at radius 3 is 2.71 bits per heavy atom. The van der Waals surface area contributed by atoms with Crippen molar-refractivity contribution in [3.63, 3.8) is 0 Å². The van der Waals surface area contributed by atoms with E-state index in [0.29, 0.717) is 13.0 Å². The number of hydrogen-bond donors (Lipinski definition) is 3. The minimum absolute atomic E-state index is 0.126. The molecule has 0 amide bonds. The molecular weight excluding hydrogens is 304 g/mol.